The van der Waals surface area contributed by atoms with Gasteiger partial charge in [0.1, 0.15) is 0 Å². The highest BCUT2D eigenvalue weighted by molar-refractivity contribution is 5.99. The molecule has 1 fully saturated rings. The number of carbonyl (C=O) groups is 1. The molecule has 2 rings (SSSR count). The van der Waals surface area contributed by atoms with E-state index in [-0.39, 0.29) is 0 Å². The zero-order valence-corrected chi connectivity index (χ0v) is 11.4. The van der Waals surface area contributed by atoms with Gasteiger partial charge < -0.3 is 21.7 Å². The third-order valence-corrected chi connectivity index (χ3v) is 3.76. The minimum Gasteiger partial charge on any atom is -0.399 e. The Morgan fingerprint density at radius 3 is 2.95 bits per heavy atom. The lowest BCUT2D eigenvalue weighted by Gasteiger charge is -2.32. The van der Waals surface area contributed by atoms with Gasteiger partial charge in [-0.25, -0.2) is 0 Å². The molecule has 0 spiro atoms. The maximum absolute atomic E-state index is 11.4. The topological polar surface area (TPSA) is 84.4 Å². The summed E-state index contributed by atoms with van der Waals surface area (Å²) in [7, 11) is 2.14. The van der Waals surface area contributed by atoms with Gasteiger partial charge in [0.15, 0.2) is 0 Å². The lowest BCUT2D eigenvalue weighted by molar-refractivity contribution is 0.100. The molecule has 1 heterocycles. The fourth-order valence-corrected chi connectivity index (χ4v) is 2.55. The highest BCUT2D eigenvalue weighted by Crippen LogP contribution is 2.21. The molecule has 104 valence electrons. The van der Waals surface area contributed by atoms with Crippen LogP contribution in [0.2, 0.25) is 0 Å². The molecule has 5 heteroatoms. The number of anilines is 2. The number of primary amides is 1. The van der Waals surface area contributed by atoms with Crippen LogP contribution in [0.25, 0.3) is 0 Å². The first-order chi connectivity index (χ1) is 9.08. The maximum Gasteiger partial charge on any atom is 0.250 e. The normalized spacial score (nSPS) is 20.2. The van der Waals surface area contributed by atoms with Crippen LogP contribution < -0.4 is 16.8 Å². The van der Waals surface area contributed by atoms with Crippen LogP contribution in [-0.2, 0) is 0 Å². The molecule has 0 saturated carbocycles. The maximum atomic E-state index is 11.4. The van der Waals surface area contributed by atoms with Crippen LogP contribution >= 0.6 is 0 Å². The number of carbonyl (C=O) groups excluding carboxylic acids is 1. The van der Waals surface area contributed by atoms with E-state index in [4.69, 9.17) is 11.5 Å². The summed E-state index contributed by atoms with van der Waals surface area (Å²) in [4.78, 5) is 13.7. The Kier molecular flexibility index (Phi) is 4.27. The molecule has 1 aromatic rings. The molecule has 1 unspecified atom stereocenters. The number of nitrogens with two attached hydrogens (primary N) is 2. The molecule has 1 aliphatic rings. The van der Waals surface area contributed by atoms with Crippen LogP contribution in [-0.4, -0.2) is 37.0 Å². The molecule has 5 nitrogen and oxygen atoms in total. The Bertz CT molecular complexity index is 461. The Balaban J connectivity index is 2.05. The number of benzene rings is 1. The molecular weight excluding hydrogens is 240 g/mol. The van der Waals surface area contributed by atoms with Gasteiger partial charge in [-0.1, -0.05) is 6.42 Å². The molecule has 1 aliphatic heterocycles. The van der Waals surface area contributed by atoms with Gasteiger partial charge in [-0.15, -0.1) is 0 Å². The van der Waals surface area contributed by atoms with Crippen LogP contribution in [0.3, 0.4) is 0 Å². The van der Waals surface area contributed by atoms with Gasteiger partial charge >= 0.3 is 0 Å². The molecule has 0 bridgehead atoms. The fourth-order valence-electron chi connectivity index (χ4n) is 2.55. The van der Waals surface area contributed by atoms with Crippen LogP contribution in [0.4, 0.5) is 11.4 Å². The minimum absolute atomic E-state index is 0.431. The van der Waals surface area contributed by atoms with E-state index in [1.807, 2.05) is 0 Å². The van der Waals surface area contributed by atoms with Gasteiger partial charge in [-0.3, -0.25) is 4.79 Å². The number of hydrogen-bond donors (Lipinski definition) is 3. The summed E-state index contributed by atoms with van der Waals surface area (Å²) in [6.07, 6.45) is 3.70. The van der Waals surface area contributed by atoms with Gasteiger partial charge in [0.05, 0.1) is 5.56 Å². The number of likely N-dealkylation sites (N-methyl/N-ethyl adjacent to an activating group) is 1. The molecule has 1 amide bonds. The first kappa shape index (κ1) is 13.7. The van der Waals surface area contributed by atoms with E-state index < -0.39 is 5.91 Å². The zero-order valence-electron chi connectivity index (χ0n) is 11.4. The highest BCUT2D eigenvalue weighted by atomic mass is 16.1. The number of amides is 1. The van der Waals surface area contributed by atoms with Crippen molar-refractivity contribution < 1.29 is 4.79 Å². The SMILES string of the molecule is CN1CCCCC1CNc1cc(N)ccc1C(N)=O. The fraction of sp³-hybridized carbons (Fsp3) is 0.500. The molecule has 5 N–H and O–H groups in total. The average Bonchev–Trinajstić information content (AvgIpc) is 2.37. The molecule has 1 aromatic carbocycles. The summed E-state index contributed by atoms with van der Waals surface area (Å²) in [6, 6.07) is 5.63. The van der Waals surface area contributed by atoms with E-state index in [1.54, 1.807) is 18.2 Å². The minimum atomic E-state index is -0.431. The summed E-state index contributed by atoms with van der Waals surface area (Å²) in [6.45, 7) is 1.94. The number of nitrogens with one attached hydrogen (secondary N) is 1. The van der Waals surface area contributed by atoms with Crippen LogP contribution in [0.1, 0.15) is 29.6 Å². The molecule has 0 aromatic heterocycles. The predicted molar refractivity (Wildman–Crippen MR) is 78.1 cm³/mol. The van der Waals surface area contributed by atoms with Crippen LogP contribution in [0, 0.1) is 0 Å². The predicted octanol–water partition coefficient (Wildman–Crippen LogP) is 1.26. The second-order valence-corrected chi connectivity index (χ2v) is 5.18. The lowest BCUT2D eigenvalue weighted by Crippen LogP contribution is -2.41. The van der Waals surface area contributed by atoms with E-state index in [0.717, 1.165) is 18.8 Å². The van der Waals surface area contributed by atoms with Crippen molar-refractivity contribution in [2.45, 2.75) is 25.3 Å². The molecule has 1 atom stereocenters. The van der Waals surface area contributed by atoms with E-state index in [2.05, 4.69) is 17.3 Å². The number of likely N-dealkylation sites (tertiary alicyclic amines) is 1. The van der Waals surface area contributed by atoms with Crippen molar-refractivity contribution in [1.82, 2.24) is 4.90 Å². The second-order valence-electron chi connectivity index (χ2n) is 5.18. The molecule has 0 aliphatic carbocycles. The quantitative estimate of drug-likeness (QED) is 0.713. The third kappa shape index (κ3) is 3.38. The largest absolute Gasteiger partial charge is 0.399 e. The second kappa shape index (κ2) is 5.93. The van der Waals surface area contributed by atoms with Crippen molar-refractivity contribution in [1.29, 1.82) is 0 Å². The molecule has 19 heavy (non-hydrogen) atoms. The van der Waals surface area contributed by atoms with Crippen LogP contribution in [0.5, 0.6) is 0 Å². The summed E-state index contributed by atoms with van der Waals surface area (Å²) in [5.41, 5.74) is 13.0. The van der Waals surface area contributed by atoms with E-state index in [9.17, 15) is 4.79 Å². The van der Waals surface area contributed by atoms with Gasteiger partial charge in [0.25, 0.3) is 5.91 Å². The number of piperidine rings is 1. The lowest BCUT2D eigenvalue weighted by atomic mass is 10.0. The van der Waals surface area contributed by atoms with E-state index in [1.165, 1.54) is 19.3 Å². The smallest absolute Gasteiger partial charge is 0.250 e. The highest BCUT2D eigenvalue weighted by Gasteiger charge is 2.19. The summed E-state index contributed by atoms with van der Waals surface area (Å²) in [5.74, 6) is -0.431. The monoisotopic (exact) mass is 262 g/mol. The Morgan fingerprint density at radius 2 is 2.26 bits per heavy atom. The third-order valence-electron chi connectivity index (χ3n) is 3.76. The number of nitrogens with zero attached hydrogens (tertiary/aromatic N) is 1. The van der Waals surface area contributed by atoms with Crippen molar-refractivity contribution in [3.63, 3.8) is 0 Å². The molecule has 0 radical (unpaired) electrons. The van der Waals surface area contributed by atoms with Crippen molar-refractivity contribution >= 4 is 17.3 Å². The number of rotatable bonds is 4. The first-order valence-electron chi connectivity index (χ1n) is 6.71. The Morgan fingerprint density at radius 1 is 1.47 bits per heavy atom. The summed E-state index contributed by atoms with van der Waals surface area (Å²) in [5, 5.41) is 3.31. The number of nitrogen functional groups attached to an aromatic ring is 1. The van der Waals surface area contributed by atoms with Gasteiger partial charge in [-0.2, -0.15) is 0 Å². The molecular formula is C14H22N4O. The van der Waals surface area contributed by atoms with Gasteiger partial charge in [0, 0.05) is 24.0 Å². The molecule has 1 saturated heterocycles. The average molecular weight is 262 g/mol. The number of hydrogen-bond acceptors (Lipinski definition) is 4. The summed E-state index contributed by atoms with van der Waals surface area (Å²) >= 11 is 0. The summed E-state index contributed by atoms with van der Waals surface area (Å²) < 4.78 is 0. The first-order valence-corrected chi connectivity index (χ1v) is 6.71. The van der Waals surface area contributed by atoms with Gasteiger partial charge in [0.2, 0.25) is 0 Å². The van der Waals surface area contributed by atoms with Gasteiger partial charge in [-0.05, 0) is 44.6 Å². The van der Waals surface area contributed by atoms with E-state index >= 15 is 0 Å². The van der Waals surface area contributed by atoms with Crippen molar-refractivity contribution in [2.24, 2.45) is 5.73 Å². The van der Waals surface area contributed by atoms with Crippen molar-refractivity contribution in [2.75, 3.05) is 31.2 Å². The van der Waals surface area contributed by atoms with Crippen molar-refractivity contribution in [3.8, 4) is 0 Å². The zero-order chi connectivity index (χ0) is 13.8. The van der Waals surface area contributed by atoms with Crippen LogP contribution in [0.15, 0.2) is 18.2 Å². The van der Waals surface area contributed by atoms with Crippen molar-refractivity contribution in [3.05, 3.63) is 23.8 Å². The van der Waals surface area contributed by atoms with E-state index in [0.29, 0.717) is 17.3 Å². The Labute approximate surface area is 113 Å². The standard InChI is InChI=1S/C14H22N4O/c1-18-7-3-2-4-11(18)9-17-13-8-10(15)5-6-12(13)14(16)19/h5-6,8,11,17H,2-4,7,9,15H2,1H3,(H2,16,19). The Hall–Kier alpha value is -1.75.